The fourth-order valence-electron chi connectivity index (χ4n) is 9.55. The van der Waals surface area contributed by atoms with Gasteiger partial charge in [0.1, 0.15) is 11.6 Å². The molecule has 5 nitrogen and oxygen atoms in total. The van der Waals surface area contributed by atoms with Gasteiger partial charge in [-0.15, -0.1) is 0 Å². The van der Waals surface area contributed by atoms with Crippen LogP contribution in [0.25, 0.3) is 111 Å². The summed E-state index contributed by atoms with van der Waals surface area (Å²) in [6.45, 7) is -2.33. The van der Waals surface area contributed by atoms with E-state index in [-0.39, 0.29) is 11.3 Å². The number of aromatic nitrogens is 4. The predicted molar refractivity (Wildman–Crippen MR) is 272 cm³/mol. The molecule has 0 aliphatic carbocycles. The number of hydrogen-bond donors (Lipinski definition) is 1. The SMILES string of the molecule is [2H]C([2H])([2H])c1ccc(-n2c(-c3ccccc3O)nc3c(-c4cc(-c5cc(-c6ccc(-c7ccccc7)cc6)ccn5)cc5c4c4ccccc4n5-c4ccccc4)cccc32)c(-c2ccccc2)c1. The minimum atomic E-state index is -2.33. The van der Waals surface area contributed by atoms with E-state index in [0.29, 0.717) is 16.9 Å². The number of imidazole rings is 1. The summed E-state index contributed by atoms with van der Waals surface area (Å²) in [7, 11) is 0. The lowest BCUT2D eigenvalue weighted by molar-refractivity contribution is 0.477. The topological polar surface area (TPSA) is 55.9 Å². The summed E-state index contributed by atoms with van der Waals surface area (Å²) in [5.41, 5.74) is 15.8. The Morgan fingerprint density at radius 3 is 1.86 bits per heavy atom. The van der Waals surface area contributed by atoms with Crippen molar-refractivity contribution in [2.24, 2.45) is 0 Å². The molecule has 0 saturated carbocycles. The van der Waals surface area contributed by atoms with E-state index in [2.05, 4.69) is 143 Å². The number of benzene rings is 9. The van der Waals surface area contributed by atoms with Crippen molar-refractivity contribution in [2.45, 2.75) is 6.85 Å². The average molecular weight is 850 g/mol. The van der Waals surface area contributed by atoms with Crippen molar-refractivity contribution in [3.05, 3.63) is 236 Å². The number of para-hydroxylation sites is 4. The molecule has 0 atom stereocenters. The van der Waals surface area contributed by atoms with Crippen LogP contribution in [0.3, 0.4) is 0 Å². The molecule has 0 spiro atoms. The van der Waals surface area contributed by atoms with E-state index < -0.39 is 6.85 Å². The van der Waals surface area contributed by atoms with E-state index in [0.717, 1.165) is 88.9 Å². The van der Waals surface area contributed by atoms with Gasteiger partial charge in [-0.3, -0.25) is 9.55 Å². The first-order chi connectivity index (χ1) is 33.8. The molecule has 3 heterocycles. The van der Waals surface area contributed by atoms with Gasteiger partial charge < -0.3 is 9.67 Å². The van der Waals surface area contributed by atoms with Crippen LogP contribution >= 0.6 is 0 Å². The summed E-state index contributed by atoms with van der Waals surface area (Å²) in [6, 6.07) is 75.3. The fourth-order valence-corrected chi connectivity index (χ4v) is 9.55. The second kappa shape index (κ2) is 16.1. The number of rotatable bonds is 8. The van der Waals surface area contributed by atoms with Gasteiger partial charge in [-0.1, -0.05) is 157 Å². The normalized spacial score (nSPS) is 12.3. The van der Waals surface area contributed by atoms with Crippen LogP contribution in [0.1, 0.15) is 9.68 Å². The molecule has 312 valence electrons. The molecule has 0 radical (unpaired) electrons. The second-order valence-corrected chi connectivity index (χ2v) is 16.5. The Balaban J connectivity index is 1.14. The lowest BCUT2D eigenvalue weighted by Gasteiger charge is -2.16. The van der Waals surface area contributed by atoms with Crippen LogP contribution in [-0.4, -0.2) is 24.2 Å². The lowest BCUT2D eigenvalue weighted by Crippen LogP contribution is -2.01. The largest absolute Gasteiger partial charge is 0.507 e. The number of aromatic hydroxyl groups is 1. The van der Waals surface area contributed by atoms with Crippen LogP contribution in [0, 0.1) is 6.85 Å². The predicted octanol–water partition coefficient (Wildman–Crippen LogP) is 15.5. The molecule has 12 aromatic rings. The zero-order valence-electron chi connectivity index (χ0n) is 38.7. The van der Waals surface area contributed by atoms with Gasteiger partial charge in [0.2, 0.25) is 0 Å². The van der Waals surface area contributed by atoms with Crippen molar-refractivity contribution < 1.29 is 9.22 Å². The number of pyridine rings is 1. The van der Waals surface area contributed by atoms with Gasteiger partial charge in [0, 0.05) is 43.5 Å². The molecule has 1 N–H and O–H groups in total. The van der Waals surface area contributed by atoms with Crippen molar-refractivity contribution in [3.8, 4) is 84.3 Å². The lowest BCUT2D eigenvalue weighted by atomic mass is 9.94. The van der Waals surface area contributed by atoms with Crippen LogP contribution in [0.4, 0.5) is 0 Å². The molecule has 0 bridgehead atoms. The minimum absolute atomic E-state index is 0.0759. The highest BCUT2D eigenvalue weighted by molar-refractivity contribution is 6.19. The van der Waals surface area contributed by atoms with E-state index in [1.807, 2.05) is 72.9 Å². The van der Waals surface area contributed by atoms with Gasteiger partial charge in [-0.25, -0.2) is 4.98 Å². The molecule has 0 amide bonds. The van der Waals surface area contributed by atoms with Gasteiger partial charge in [-0.2, -0.15) is 0 Å². The highest BCUT2D eigenvalue weighted by Crippen LogP contribution is 2.45. The van der Waals surface area contributed by atoms with Crippen LogP contribution in [0.5, 0.6) is 5.75 Å². The van der Waals surface area contributed by atoms with Gasteiger partial charge in [-0.05, 0) is 113 Å². The maximum atomic E-state index is 11.6. The fraction of sp³-hybridized carbons (Fsp3) is 0.0164. The van der Waals surface area contributed by atoms with Crippen LogP contribution < -0.4 is 0 Å². The summed E-state index contributed by atoms with van der Waals surface area (Å²) in [4.78, 5) is 10.5. The highest BCUT2D eigenvalue weighted by atomic mass is 16.3. The molecule has 12 rings (SSSR count). The monoisotopic (exact) mass is 849 g/mol. The van der Waals surface area contributed by atoms with E-state index in [4.69, 9.17) is 14.1 Å². The summed E-state index contributed by atoms with van der Waals surface area (Å²) >= 11 is 0. The third-order valence-corrected chi connectivity index (χ3v) is 12.6. The second-order valence-electron chi connectivity index (χ2n) is 16.5. The van der Waals surface area contributed by atoms with E-state index in [1.54, 1.807) is 24.3 Å². The standard InChI is InChI=1S/C61H42N4O/c1-40-28-33-55(51(36-40)44-18-7-3-8-19-44)65-56-26-15-24-48(60(56)63-61(65)50-23-12-14-27-58(50)66)52-37-46(39-57-59(52)49-22-11-13-25-54(49)64(57)47-20-9-4-10-21-47)53-38-45(34-35-62-53)43-31-29-42(30-32-43)41-16-5-2-6-17-41/h2-39,66H,1H3/i1D3. The number of phenols is 1. The molecule has 5 heteroatoms. The van der Waals surface area contributed by atoms with Crippen molar-refractivity contribution in [1.82, 2.24) is 19.1 Å². The highest BCUT2D eigenvalue weighted by Gasteiger charge is 2.25. The smallest absolute Gasteiger partial charge is 0.149 e. The van der Waals surface area contributed by atoms with Crippen molar-refractivity contribution in [3.63, 3.8) is 0 Å². The van der Waals surface area contributed by atoms with Crippen LogP contribution in [-0.2, 0) is 0 Å². The Bertz CT molecular complexity index is 3880. The minimum Gasteiger partial charge on any atom is -0.507 e. The first-order valence-corrected chi connectivity index (χ1v) is 22.0. The molecule has 9 aromatic carbocycles. The number of nitrogens with zero attached hydrogens (tertiary/aromatic N) is 4. The summed E-state index contributed by atoms with van der Waals surface area (Å²) in [5.74, 6) is 0.591. The number of phenolic OH excluding ortho intramolecular Hbond substituents is 1. The number of fused-ring (bicyclic) bond motifs is 4. The molecule has 0 fully saturated rings. The van der Waals surface area contributed by atoms with E-state index >= 15 is 0 Å². The zero-order valence-corrected chi connectivity index (χ0v) is 35.7. The Hall–Kier alpha value is -8.80. The van der Waals surface area contributed by atoms with Crippen LogP contribution in [0.2, 0.25) is 0 Å². The Labute approximate surface area is 387 Å². The van der Waals surface area contributed by atoms with Crippen molar-refractivity contribution in [1.29, 1.82) is 0 Å². The molecule has 0 saturated heterocycles. The molecule has 0 aliphatic rings. The molecule has 3 aromatic heterocycles. The van der Waals surface area contributed by atoms with E-state index in [1.165, 1.54) is 5.56 Å². The zero-order chi connectivity index (χ0) is 46.6. The quantitative estimate of drug-likeness (QED) is 0.166. The first-order valence-electron chi connectivity index (χ1n) is 23.5. The van der Waals surface area contributed by atoms with Gasteiger partial charge in [0.15, 0.2) is 0 Å². The number of hydrogen-bond acceptors (Lipinski definition) is 3. The summed E-state index contributed by atoms with van der Waals surface area (Å²) in [6.07, 6.45) is 1.88. The Morgan fingerprint density at radius 2 is 1.09 bits per heavy atom. The molecule has 0 aliphatic heterocycles. The Morgan fingerprint density at radius 1 is 0.439 bits per heavy atom. The first kappa shape index (κ1) is 35.6. The van der Waals surface area contributed by atoms with Gasteiger partial charge in [0.05, 0.1) is 39.0 Å². The number of aryl methyl sites for hydroxylation is 1. The van der Waals surface area contributed by atoms with Crippen molar-refractivity contribution in [2.75, 3.05) is 0 Å². The maximum absolute atomic E-state index is 11.6. The van der Waals surface area contributed by atoms with Crippen LogP contribution in [0.15, 0.2) is 231 Å². The Kier molecular flexibility index (Phi) is 8.68. The molecule has 0 unspecified atom stereocenters. The van der Waals surface area contributed by atoms with Gasteiger partial charge >= 0.3 is 0 Å². The van der Waals surface area contributed by atoms with Gasteiger partial charge in [0.25, 0.3) is 0 Å². The molecular formula is C61H42N4O. The summed E-state index contributed by atoms with van der Waals surface area (Å²) in [5, 5.41) is 13.7. The average Bonchev–Trinajstić information content (AvgIpc) is 3.95. The third kappa shape index (κ3) is 6.65. The molecular weight excluding hydrogens is 805 g/mol. The van der Waals surface area contributed by atoms with E-state index in [9.17, 15) is 5.11 Å². The van der Waals surface area contributed by atoms with Crippen molar-refractivity contribution >= 4 is 32.8 Å². The molecule has 66 heavy (non-hydrogen) atoms. The summed E-state index contributed by atoms with van der Waals surface area (Å²) < 4.78 is 29.5. The maximum Gasteiger partial charge on any atom is 0.149 e. The third-order valence-electron chi connectivity index (χ3n) is 12.6.